The second-order valence-corrected chi connectivity index (χ2v) is 7.40. The number of phenols is 2. The summed E-state index contributed by atoms with van der Waals surface area (Å²) in [4.78, 5) is 13.6. The van der Waals surface area contributed by atoms with Crippen LogP contribution in [-0.4, -0.2) is 22.8 Å². The number of fused-ring (bicyclic) bond motifs is 1. The topological polar surface area (TPSA) is 76.0 Å². The fraction of sp³-hybridized carbons (Fsp3) is 0.208. The minimum atomic E-state index is -0.638. The Kier molecular flexibility index (Phi) is 4.89. The third-order valence-electron chi connectivity index (χ3n) is 5.16. The second-order valence-electron chi connectivity index (χ2n) is 7.40. The maximum Gasteiger partial charge on any atom is 0.231 e. The van der Waals surface area contributed by atoms with Crippen LogP contribution in [0.2, 0.25) is 0 Å². The lowest BCUT2D eigenvalue weighted by molar-refractivity contribution is 0.0971. The van der Waals surface area contributed by atoms with Crippen LogP contribution < -0.4 is 9.47 Å². The van der Waals surface area contributed by atoms with E-state index in [2.05, 4.69) is 0 Å². The van der Waals surface area contributed by atoms with Gasteiger partial charge in [0, 0.05) is 6.07 Å². The summed E-state index contributed by atoms with van der Waals surface area (Å²) in [6.45, 7) is 4.00. The van der Waals surface area contributed by atoms with Crippen molar-refractivity contribution in [1.82, 2.24) is 0 Å². The van der Waals surface area contributed by atoms with Gasteiger partial charge in [-0.3, -0.25) is 4.79 Å². The van der Waals surface area contributed by atoms with Gasteiger partial charge in [0.2, 0.25) is 6.79 Å². The predicted octanol–water partition coefficient (Wildman–Crippen LogP) is 4.96. The molecule has 3 aromatic carbocycles. The van der Waals surface area contributed by atoms with E-state index in [1.54, 1.807) is 18.2 Å². The molecule has 0 radical (unpaired) electrons. The van der Waals surface area contributed by atoms with Crippen LogP contribution in [0.25, 0.3) is 0 Å². The number of phenolic OH excluding ortho intramolecular Hbond substituents is 2. The SMILES string of the molecule is CC(C)c1cc(C(=O)C(c2ccccc2)c2ccc3c(c2)OCO3)c(O)cc1O. The van der Waals surface area contributed by atoms with Crippen molar-refractivity contribution in [3.05, 3.63) is 82.9 Å². The average molecular weight is 390 g/mol. The molecule has 1 aliphatic heterocycles. The Bertz CT molecular complexity index is 1060. The van der Waals surface area contributed by atoms with Crippen molar-refractivity contribution in [2.75, 3.05) is 6.79 Å². The number of hydrogen-bond acceptors (Lipinski definition) is 5. The molecule has 0 amide bonds. The van der Waals surface area contributed by atoms with Crippen LogP contribution in [0.4, 0.5) is 0 Å². The zero-order chi connectivity index (χ0) is 20.5. The summed E-state index contributed by atoms with van der Waals surface area (Å²) in [5.74, 6) is 0.0852. The minimum Gasteiger partial charge on any atom is -0.508 e. The van der Waals surface area contributed by atoms with Gasteiger partial charge in [-0.05, 0) is 40.8 Å². The van der Waals surface area contributed by atoms with Gasteiger partial charge in [-0.25, -0.2) is 0 Å². The molecule has 1 heterocycles. The third-order valence-corrected chi connectivity index (χ3v) is 5.16. The highest BCUT2D eigenvalue weighted by molar-refractivity contribution is 6.05. The molecule has 0 saturated heterocycles. The van der Waals surface area contributed by atoms with E-state index in [0.29, 0.717) is 17.1 Å². The van der Waals surface area contributed by atoms with Crippen LogP contribution in [0.5, 0.6) is 23.0 Å². The fourth-order valence-electron chi connectivity index (χ4n) is 3.64. The molecule has 5 heteroatoms. The zero-order valence-corrected chi connectivity index (χ0v) is 16.3. The molecule has 29 heavy (non-hydrogen) atoms. The first-order chi connectivity index (χ1) is 14.0. The van der Waals surface area contributed by atoms with Gasteiger partial charge in [-0.15, -0.1) is 0 Å². The van der Waals surface area contributed by atoms with E-state index in [9.17, 15) is 15.0 Å². The van der Waals surface area contributed by atoms with E-state index >= 15 is 0 Å². The fourth-order valence-corrected chi connectivity index (χ4v) is 3.64. The van der Waals surface area contributed by atoms with E-state index in [1.165, 1.54) is 6.07 Å². The van der Waals surface area contributed by atoms with E-state index in [4.69, 9.17) is 9.47 Å². The number of rotatable bonds is 5. The Morgan fingerprint density at radius 1 is 0.862 bits per heavy atom. The maximum absolute atomic E-state index is 13.6. The van der Waals surface area contributed by atoms with Gasteiger partial charge in [0.15, 0.2) is 17.3 Å². The lowest BCUT2D eigenvalue weighted by Crippen LogP contribution is -2.15. The molecule has 0 spiro atoms. The number of ketones is 1. The van der Waals surface area contributed by atoms with Crippen molar-refractivity contribution in [1.29, 1.82) is 0 Å². The molecule has 1 atom stereocenters. The van der Waals surface area contributed by atoms with Gasteiger partial charge in [0.25, 0.3) is 0 Å². The first-order valence-corrected chi connectivity index (χ1v) is 9.50. The third kappa shape index (κ3) is 3.51. The molecule has 148 valence electrons. The van der Waals surface area contributed by atoms with E-state index in [1.807, 2.05) is 50.2 Å². The molecule has 0 fully saturated rings. The van der Waals surface area contributed by atoms with Gasteiger partial charge in [-0.1, -0.05) is 50.2 Å². The van der Waals surface area contributed by atoms with Crippen molar-refractivity contribution >= 4 is 5.78 Å². The summed E-state index contributed by atoms with van der Waals surface area (Å²) in [7, 11) is 0. The van der Waals surface area contributed by atoms with Crippen LogP contribution in [0, 0.1) is 0 Å². The Morgan fingerprint density at radius 2 is 1.59 bits per heavy atom. The predicted molar refractivity (Wildman–Crippen MR) is 109 cm³/mol. The second kappa shape index (κ2) is 7.51. The summed E-state index contributed by atoms with van der Waals surface area (Å²) in [6, 6.07) is 17.7. The summed E-state index contributed by atoms with van der Waals surface area (Å²) in [5.41, 5.74) is 2.33. The number of aromatic hydroxyl groups is 2. The van der Waals surface area contributed by atoms with Gasteiger partial charge in [-0.2, -0.15) is 0 Å². The number of hydrogen-bond donors (Lipinski definition) is 2. The van der Waals surface area contributed by atoms with Crippen molar-refractivity contribution in [3.8, 4) is 23.0 Å². The van der Waals surface area contributed by atoms with Crippen LogP contribution in [0.1, 0.15) is 52.7 Å². The lowest BCUT2D eigenvalue weighted by atomic mass is 9.83. The Labute approximate surface area is 169 Å². The first-order valence-electron chi connectivity index (χ1n) is 9.50. The summed E-state index contributed by atoms with van der Waals surface area (Å²) < 4.78 is 10.9. The van der Waals surface area contributed by atoms with E-state index in [0.717, 1.165) is 11.1 Å². The monoisotopic (exact) mass is 390 g/mol. The summed E-state index contributed by atoms with van der Waals surface area (Å²) in [5, 5.41) is 20.6. The van der Waals surface area contributed by atoms with Crippen molar-refractivity contribution in [3.63, 3.8) is 0 Å². The van der Waals surface area contributed by atoms with Gasteiger partial charge < -0.3 is 19.7 Å². The highest BCUT2D eigenvalue weighted by Crippen LogP contribution is 2.40. The maximum atomic E-state index is 13.6. The van der Waals surface area contributed by atoms with Crippen LogP contribution in [0.3, 0.4) is 0 Å². The Balaban J connectivity index is 1.84. The molecular formula is C24H22O5. The van der Waals surface area contributed by atoms with Crippen LogP contribution in [0.15, 0.2) is 60.7 Å². The first kappa shape index (κ1) is 18.9. The molecule has 0 bridgehead atoms. The Hall–Kier alpha value is -3.47. The van der Waals surface area contributed by atoms with Crippen LogP contribution >= 0.6 is 0 Å². The number of carbonyl (C=O) groups excluding carboxylic acids is 1. The molecular weight excluding hydrogens is 368 g/mol. The van der Waals surface area contributed by atoms with E-state index < -0.39 is 5.92 Å². The number of ether oxygens (including phenoxy) is 2. The standard InChI is InChI=1S/C24H22O5/c1-14(2)17-11-18(20(26)12-19(17)25)24(27)23(15-6-4-3-5-7-15)16-8-9-21-22(10-16)29-13-28-21/h3-12,14,23,25-26H,13H2,1-2H3. The highest BCUT2D eigenvalue weighted by atomic mass is 16.7. The molecule has 3 aromatic rings. The smallest absolute Gasteiger partial charge is 0.231 e. The molecule has 1 unspecified atom stereocenters. The normalized spacial score (nSPS) is 13.5. The van der Waals surface area contributed by atoms with E-state index in [-0.39, 0.29) is 35.6 Å². The summed E-state index contributed by atoms with van der Waals surface area (Å²) >= 11 is 0. The zero-order valence-electron chi connectivity index (χ0n) is 16.3. The molecule has 5 nitrogen and oxygen atoms in total. The minimum absolute atomic E-state index is 0.00266. The van der Waals surface area contributed by atoms with Gasteiger partial charge in [0.1, 0.15) is 11.5 Å². The largest absolute Gasteiger partial charge is 0.508 e. The molecule has 0 saturated carbocycles. The Morgan fingerprint density at radius 3 is 2.31 bits per heavy atom. The average Bonchev–Trinajstić information content (AvgIpc) is 3.16. The number of carbonyl (C=O) groups is 1. The molecule has 0 aromatic heterocycles. The number of benzene rings is 3. The molecule has 2 N–H and O–H groups in total. The number of Topliss-reactive ketones (excluding diaryl/α,β-unsaturated/α-hetero) is 1. The lowest BCUT2D eigenvalue weighted by Gasteiger charge is -2.19. The van der Waals surface area contributed by atoms with Crippen molar-refractivity contribution in [2.24, 2.45) is 0 Å². The van der Waals surface area contributed by atoms with Crippen LogP contribution in [-0.2, 0) is 0 Å². The molecule has 1 aliphatic rings. The summed E-state index contributed by atoms with van der Waals surface area (Å²) in [6.07, 6.45) is 0. The van der Waals surface area contributed by atoms with Gasteiger partial charge >= 0.3 is 0 Å². The highest BCUT2D eigenvalue weighted by Gasteiger charge is 2.29. The van der Waals surface area contributed by atoms with Crippen molar-refractivity contribution in [2.45, 2.75) is 25.7 Å². The molecule has 0 aliphatic carbocycles. The van der Waals surface area contributed by atoms with Gasteiger partial charge in [0.05, 0.1) is 11.5 Å². The van der Waals surface area contributed by atoms with Crippen molar-refractivity contribution < 1.29 is 24.5 Å². The quantitative estimate of drug-likeness (QED) is 0.602. The molecule has 4 rings (SSSR count).